The molecule has 3 rings (SSSR count). The molecule has 0 aliphatic carbocycles. The van der Waals surface area contributed by atoms with E-state index in [9.17, 15) is 9.28 Å². The van der Waals surface area contributed by atoms with Crippen molar-refractivity contribution in [3.63, 3.8) is 0 Å². The fraction of sp³-hybridized carbons (Fsp3) is 0.208. The zero-order chi connectivity index (χ0) is 21.9. The third kappa shape index (κ3) is 7.73. The number of nitrogens with one attached hydrogen (secondary N) is 1. The lowest BCUT2D eigenvalue weighted by Crippen LogP contribution is -2.24. The molecule has 3 aromatic rings. The molecule has 0 unspecified atom stereocenters. The molecule has 0 bridgehead atoms. The number of rotatable bonds is 11. The zero-order valence-corrected chi connectivity index (χ0v) is 17.0. The Balaban J connectivity index is 1.37. The summed E-state index contributed by atoms with van der Waals surface area (Å²) < 4.78 is 17.9. The number of carbonyl (C=O) groups excluding carboxylic acids is 1. The van der Waals surface area contributed by atoms with E-state index < -0.39 is 5.45 Å². The van der Waals surface area contributed by atoms with Crippen molar-refractivity contribution in [3.05, 3.63) is 95.6 Å². The van der Waals surface area contributed by atoms with E-state index in [1.807, 2.05) is 30.3 Å². The Hall–Kier alpha value is -3.42. The highest BCUT2D eigenvalue weighted by Crippen LogP contribution is 2.19. The van der Waals surface area contributed by atoms with Crippen LogP contribution in [0.3, 0.4) is 0 Å². The number of aryl methyl sites for hydroxylation is 1. The number of nitrogens with zero attached hydrogens (tertiary/aromatic N) is 1. The number of unbranched alkanes of at least 4 members (excludes halogenated alkanes) is 1. The van der Waals surface area contributed by atoms with E-state index in [2.05, 4.69) is 22.3 Å². The molecule has 31 heavy (non-hydrogen) atoms. The number of carbonyl (C=O) groups is 1. The molecule has 0 spiro atoms. The van der Waals surface area contributed by atoms with Crippen LogP contribution in [0.15, 0.2) is 78.9 Å². The van der Waals surface area contributed by atoms with Crippen molar-refractivity contribution in [1.29, 1.82) is 0 Å². The minimum Gasteiger partial charge on any atom is -0.489 e. The van der Waals surface area contributed by atoms with Crippen LogP contribution in [0.1, 0.15) is 34.3 Å². The number of hydrogen-bond acceptors (Lipinski definition) is 5. The zero-order valence-electron chi connectivity index (χ0n) is 17.0. The molecule has 2 N–H and O–H groups in total. The molecule has 0 atom stereocenters. The third-order valence-electron chi connectivity index (χ3n) is 4.65. The molecule has 0 heterocycles. The Kier molecular flexibility index (Phi) is 8.39. The predicted molar refractivity (Wildman–Crippen MR) is 114 cm³/mol. The van der Waals surface area contributed by atoms with Crippen molar-refractivity contribution >= 4 is 5.91 Å². The van der Waals surface area contributed by atoms with Crippen LogP contribution < -0.4 is 14.9 Å². The van der Waals surface area contributed by atoms with Crippen molar-refractivity contribution in [2.24, 2.45) is 0 Å². The number of amides is 1. The molecule has 1 amide bonds. The summed E-state index contributed by atoms with van der Waals surface area (Å²) in [4.78, 5) is 16.6. The fourth-order valence-electron chi connectivity index (χ4n) is 3.01. The highest BCUT2D eigenvalue weighted by atomic mass is 19.2. The Morgan fingerprint density at radius 1 is 0.871 bits per heavy atom. The average molecular weight is 424 g/mol. The lowest BCUT2D eigenvalue weighted by molar-refractivity contribution is -0.397. The second kappa shape index (κ2) is 11.7. The summed E-state index contributed by atoms with van der Waals surface area (Å²) >= 11 is 0. The van der Waals surface area contributed by atoms with Gasteiger partial charge in [-0.25, -0.2) is 0 Å². The van der Waals surface area contributed by atoms with Crippen LogP contribution in [-0.4, -0.2) is 23.1 Å². The summed E-state index contributed by atoms with van der Waals surface area (Å²) in [6.45, 7) is 0.962. The SMILES string of the molecule is O=C(NCCCCc1ccccc1)c1ccc(COc2ccc(ON(O)F)cc2)cc1. The first-order valence-electron chi connectivity index (χ1n) is 10.1. The van der Waals surface area contributed by atoms with Crippen molar-refractivity contribution in [3.8, 4) is 11.5 Å². The Morgan fingerprint density at radius 2 is 1.55 bits per heavy atom. The Bertz CT molecular complexity index is 932. The highest BCUT2D eigenvalue weighted by Gasteiger charge is 2.06. The van der Waals surface area contributed by atoms with Gasteiger partial charge in [-0.3, -0.25) is 10.0 Å². The summed E-state index contributed by atoms with van der Waals surface area (Å²) in [5.74, 6) is 0.606. The lowest BCUT2D eigenvalue weighted by Gasteiger charge is -2.09. The summed E-state index contributed by atoms with van der Waals surface area (Å²) in [7, 11) is 0. The second-order valence-electron chi connectivity index (χ2n) is 6.97. The topological polar surface area (TPSA) is 71.0 Å². The van der Waals surface area contributed by atoms with E-state index in [0.29, 0.717) is 24.5 Å². The molecule has 6 nitrogen and oxygen atoms in total. The molecular formula is C24H25FN2O4. The van der Waals surface area contributed by atoms with Crippen LogP contribution in [0.4, 0.5) is 4.48 Å². The lowest BCUT2D eigenvalue weighted by atomic mass is 10.1. The first-order chi connectivity index (χ1) is 15.1. The van der Waals surface area contributed by atoms with Crippen molar-refractivity contribution in [1.82, 2.24) is 10.8 Å². The standard InChI is InChI=1S/C24H25FN2O4/c25-27(29)31-23-15-13-22(14-16-23)30-18-20-9-11-21(12-10-20)24(28)26-17-5-4-8-19-6-2-1-3-7-19/h1-3,6-7,9-16,29H,4-5,8,17-18H2,(H,26,28). The van der Waals surface area contributed by atoms with E-state index in [1.165, 1.54) is 17.7 Å². The molecule has 3 aromatic carbocycles. The fourth-order valence-corrected chi connectivity index (χ4v) is 3.01. The van der Waals surface area contributed by atoms with E-state index in [4.69, 9.17) is 9.94 Å². The molecular weight excluding hydrogens is 399 g/mol. The van der Waals surface area contributed by atoms with Gasteiger partial charge in [0.25, 0.3) is 5.91 Å². The van der Waals surface area contributed by atoms with Gasteiger partial charge in [0.05, 0.1) is 0 Å². The van der Waals surface area contributed by atoms with Gasteiger partial charge in [0.2, 0.25) is 0 Å². The van der Waals surface area contributed by atoms with Crippen LogP contribution >= 0.6 is 0 Å². The molecule has 162 valence electrons. The van der Waals surface area contributed by atoms with E-state index in [0.717, 1.165) is 24.8 Å². The summed E-state index contributed by atoms with van der Waals surface area (Å²) in [6, 6.07) is 23.7. The summed E-state index contributed by atoms with van der Waals surface area (Å²) in [6.07, 6.45) is 2.97. The minimum absolute atomic E-state index is 0.0893. The smallest absolute Gasteiger partial charge is 0.251 e. The molecule has 7 heteroatoms. The number of hydrogen-bond donors (Lipinski definition) is 2. The molecule has 0 radical (unpaired) electrons. The van der Waals surface area contributed by atoms with Crippen molar-refractivity contribution in [2.45, 2.75) is 25.9 Å². The van der Waals surface area contributed by atoms with Gasteiger partial charge < -0.3 is 14.9 Å². The van der Waals surface area contributed by atoms with Gasteiger partial charge in [-0.05, 0) is 66.8 Å². The van der Waals surface area contributed by atoms with Crippen LogP contribution in [0.5, 0.6) is 11.5 Å². The normalized spacial score (nSPS) is 10.7. The van der Waals surface area contributed by atoms with E-state index in [1.54, 1.807) is 24.3 Å². The number of benzene rings is 3. The summed E-state index contributed by atoms with van der Waals surface area (Å²) in [5, 5.41) is 11.3. The molecule has 0 aliphatic heterocycles. The first-order valence-corrected chi connectivity index (χ1v) is 10.1. The maximum Gasteiger partial charge on any atom is 0.251 e. The van der Waals surface area contributed by atoms with Gasteiger partial charge in [-0.1, -0.05) is 46.9 Å². The average Bonchev–Trinajstić information content (AvgIpc) is 2.79. The van der Waals surface area contributed by atoms with Gasteiger partial charge in [-0.15, -0.1) is 0 Å². The summed E-state index contributed by atoms with van der Waals surface area (Å²) in [5.41, 5.74) is 1.96. The number of ether oxygens (including phenoxy) is 1. The van der Waals surface area contributed by atoms with Gasteiger partial charge in [0.15, 0.2) is 11.2 Å². The van der Waals surface area contributed by atoms with Crippen LogP contribution in [0.25, 0.3) is 0 Å². The van der Waals surface area contributed by atoms with Gasteiger partial charge in [0.1, 0.15) is 12.4 Å². The molecule has 0 saturated heterocycles. The maximum atomic E-state index is 12.3. The van der Waals surface area contributed by atoms with Crippen molar-refractivity contribution < 1.29 is 24.1 Å². The molecule has 0 aliphatic rings. The first kappa shape index (κ1) is 22.3. The van der Waals surface area contributed by atoms with E-state index in [-0.39, 0.29) is 11.7 Å². The quantitative estimate of drug-likeness (QED) is 0.261. The Morgan fingerprint density at radius 3 is 2.23 bits per heavy atom. The van der Waals surface area contributed by atoms with Gasteiger partial charge in [-0.2, -0.15) is 0 Å². The monoisotopic (exact) mass is 424 g/mol. The van der Waals surface area contributed by atoms with Gasteiger partial charge in [0, 0.05) is 12.1 Å². The van der Waals surface area contributed by atoms with Crippen LogP contribution in [0.2, 0.25) is 0 Å². The van der Waals surface area contributed by atoms with E-state index >= 15 is 0 Å². The Labute approximate surface area is 180 Å². The highest BCUT2D eigenvalue weighted by molar-refractivity contribution is 5.94. The number of halogens is 1. The molecule has 0 aromatic heterocycles. The third-order valence-corrected chi connectivity index (χ3v) is 4.65. The minimum atomic E-state index is -0.863. The van der Waals surface area contributed by atoms with Crippen LogP contribution in [0, 0.1) is 0 Å². The van der Waals surface area contributed by atoms with Crippen LogP contribution in [-0.2, 0) is 13.0 Å². The molecule has 0 fully saturated rings. The maximum absolute atomic E-state index is 12.3. The predicted octanol–water partition coefficient (Wildman–Crippen LogP) is 4.89. The van der Waals surface area contributed by atoms with Crippen molar-refractivity contribution in [2.75, 3.05) is 6.54 Å². The second-order valence-corrected chi connectivity index (χ2v) is 6.97. The molecule has 0 saturated carbocycles. The van der Waals surface area contributed by atoms with Gasteiger partial charge >= 0.3 is 0 Å². The largest absolute Gasteiger partial charge is 0.489 e.